The summed E-state index contributed by atoms with van der Waals surface area (Å²) in [7, 11) is 0. The van der Waals surface area contributed by atoms with E-state index in [9.17, 15) is 13.6 Å². The van der Waals surface area contributed by atoms with Gasteiger partial charge in [-0.25, -0.2) is 28.4 Å². The first kappa shape index (κ1) is 23.0. The number of amides is 1. The maximum Gasteiger partial charge on any atom is 0.272 e. The second-order valence-corrected chi connectivity index (χ2v) is 9.16. The summed E-state index contributed by atoms with van der Waals surface area (Å²) >= 11 is 0. The second kappa shape index (κ2) is 9.53. The molecule has 0 radical (unpaired) electrons. The molecule has 2 N–H and O–H groups in total. The van der Waals surface area contributed by atoms with Crippen molar-refractivity contribution in [2.75, 3.05) is 0 Å². The SMILES string of the molecule is O=C(NCc1cc(-c2cnn(-c3ccc(F)cc3)c2)ccc1F)c1ncnc2nc(C3CCCC3)[nH]c12. The van der Waals surface area contributed by atoms with Crippen molar-refractivity contribution in [3.8, 4) is 16.8 Å². The van der Waals surface area contributed by atoms with Gasteiger partial charge in [0, 0.05) is 29.8 Å². The highest BCUT2D eigenvalue weighted by Crippen LogP contribution is 2.33. The smallest absolute Gasteiger partial charge is 0.272 e. The number of nitrogens with one attached hydrogen (secondary N) is 2. The second-order valence-electron chi connectivity index (χ2n) is 9.16. The normalized spacial score (nSPS) is 13.9. The monoisotopic (exact) mass is 499 g/mol. The average Bonchev–Trinajstić information content (AvgIpc) is 3.69. The molecule has 0 atom stereocenters. The Bertz CT molecular complexity index is 1590. The minimum absolute atomic E-state index is 0.0281. The van der Waals surface area contributed by atoms with E-state index in [1.165, 1.54) is 37.4 Å². The number of nitrogens with zero attached hydrogens (tertiary/aromatic N) is 5. The largest absolute Gasteiger partial charge is 0.346 e. The van der Waals surface area contributed by atoms with E-state index in [4.69, 9.17) is 0 Å². The zero-order chi connectivity index (χ0) is 25.4. The number of H-pyrrole nitrogens is 1. The van der Waals surface area contributed by atoms with Gasteiger partial charge in [-0.1, -0.05) is 18.9 Å². The number of fused-ring (bicyclic) bond motifs is 1. The van der Waals surface area contributed by atoms with Crippen LogP contribution in [-0.4, -0.2) is 35.6 Å². The molecule has 0 aliphatic heterocycles. The molecule has 37 heavy (non-hydrogen) atoms. The lowest BCUT2D eigenvalue weighted by atomic mass is 10.1. The summed E-state index contributed by atoms with van der Waals surface area (Å²) in [6, 6.07) is 10.6. The quantitative estimate of drug-likeness (QED) is 0.340. The van der Waals surface area contributed by atoms with Crippen molar-refractivity contribution in [3.05, 3.63) is 89.9 Å². The molecule has 3 aromatic heterocycles. The van der Waals surface area contributed by atoms with Crippen LogP contribution in [0.1, 0.15) is 53.5 Å². The van der Waals surface area contributed by atoms with Crippen LogP contribution in [0.25, 0.3) is 28.0 Å². The van der Waals surface area contributed by atoms with Crippen LogP contribution in [0.15, 0.2) is 61.2 Å². The zero-order valence-electron chi connectivity index (χ0n) is 19.8. The number of benzene rings is 2. The van der Waals surface area contributed by atoms with Crippen molar-refractivity contribution in [1.29, 1.82) is 0 Å². The molecular weight excluding hydrogens is 476 g/mol. The summed E-state index contributed by atoms with van der Waals surface area (Å²) in [6.07, 6.45) is 9.20. The van der Waals surface area contributed by atoms with Crippen molar-refractivity contribution in [3.63, 3.8) is 0 Å². The van der Waals surface area contributed by atoms with Crippen LogP contribution in [0.2, 0.25) is 0 Å². The van der Waals surface area contributed by atoms with E-state index in [0.717, 1.165) is 29.8 Å². The first-order valence-electron chi connectivity index (χ1n) is 12.1. The van der Waals surface area contributed by atoms with E-state index < -0.39 is 11.7 Å². The van der Waals surface area contributed by atoms with Crippen LogP contribution < -0.4 is 5.32 Å². The van der Waals surface area contributed by atoms with Gasteiger partial charge in [0.05, 0.1) is 11.9 Å². The first-order valence-corrected chi connectivity index (χ1v) is 12.1. The lowest BCUT2D eigenvalue weighted by molar-refractivity contribution is 0.0947. The van der Waals surface area contributed by atoms with Crippen LogP contribution in [0, 0.1) is 11.6 Å². The van der Waals surface area contributed by atoms with Crippen molar-refractivity contribution >= 4 is 17.1 Å². The number of hydrogen-bond donors (Lipinski definition) is 2. The van der Waals surface area contributed by atoms with Crippen molar-refractivity contribution in [2.24, 2.45) is 0 Å². The molecular formula is C27H23F2N7O. The summed E-state index contributed by atoms with van der Waals surface area (Å²) in [5, 5.41) is 7.09. The Morgan fingerprint density at radius 2 is 1.86 bits per heavy atom. The van der Waals surface area contributed by atoms with Crippen molar-refractivity contribution in [1.82, 2.24) is 35.0 Å². The van der Waals surface area contributed by atoms with Gasteiger partial charge in [0.2, 0.25) is 0 Å². The number of carbonyl (C=O) groups is 1. The predicted molar refractivity (Wildman–Crippen MR) is 133 cm³/mol. The Balaban J connectivity index is 1.20. The third-order valence-corrected chi connectivity index (χ3v) is 6.76. The minimum Gasteiger partial charge on any atom is -0.346 e. The molecule has 1 aliphatic carbocycles. The third-order valence-electron chi connectivity index (χ3n) is 6.76. The van der Waals surface area contributed by atoms with Crippen LogP contribution in [0.4, 0.5) is 8.78 Å². The molecule has 0 bridgehead atoms. The molecule has 0 unspecified atom stereocenters. The predicted octanol–water partition coefficient (Wildman–Crippen LogP) is 5.07. The number of aromatic amines is 1. The number of carbonyl (C=O) groups excluding carboxylic acids is 1. The lowest BCUT2D eigenvalue weighted by Gasteiger charge is -2.08. The molecule has 1 saturated carbocycles. The average molecular weight is 500 g/mol. The molecule has 0 spiro atoms. The Morgan fingerprint density at radius 3 is 2.68 bits per heavy atom. The van der Waals surface area contributed by atoms with E-state index >= 15 is 0 Å². The molecule has 2 aromatic carbocycles. The highest BCUT2D eigenvalue weighted by molar-refractivity contribution is 6.02. The summed E-state index contributed by atoms with van der Waals surface area (Å²) < 4.78 is 29.5. The highest BCUT2D eigenvalue weighted by atomic mass is 19.1. The van der Waals surface area contributed by atoms with Crippen LogP contribution >= 0.6 is 0 Å². The maximum atomic E-state index is 14.6. The van der Waals surface area contributed by atoms with Gasteiger partial charge in [-0.15, -0.1) is 0 Å². The topological polar surface area (TPSA) is 101 Å². The van der Waals surface area contributed by atoms with Crippen LogP contribution in [-0.2, 0) is 6.54 Å². The minimum atomic E-state index is -0.442. The molecule has 3 heterocycles. The summed E-state index contributed by atoms with van der Waals surface area (Å²) in [6.45, 7) is -0.0281. The van der Waals surface area contributed by atoms with Gasteiger partial charge in [0.25, 0.3) is 5.91 Å². The molecule has 6 rings (SSSR count). The zero-order valence-corrected chi connectivity index (χ0v) is 19.8. The number of hydrogen-bond acceptors (Lipinski definition) is 5. The fraction of sp³-hybridized carbons (Fsp3) is 0.222. The van der Waals surface area contributed by atoms with Crippen molar-refractivity contribution in [2.45, 2.75) is 38.1 Å². The standard InChI is InChI=1S/C27H23F2N7O/c28-20-6-8-21(9-7-20)36-14-19(13-33-36)17-5-10-22(29)18(11-17)12-30-27(37)24-23-26(32-15-31-24)35-25(34-23)16-3-1-2-4-16/h5-11,13-16H,1-4,12H2,(H,30,37)(H,31,32,34,35). The van der Waals surface area contributed by atoms with Crippen LogP contribution in [0.5, 0.6) is 0 Å². The van der Waals surface area contributed by atoms with E-state index in [2.05, 4.69) is 30.4 Å². The van der Waals surface area contributed by atoms with Gasteiger partial charge in [-0.3, -0.25) is 4.79 Å². The first-order chi connectivity index (χ1) is 18.0. The molecule has 186 valence electrons. The van der Waals surface area contributed by atoms with Gasteiger partial charge < -0.3 is 10.3 Å². The van der Waals surface area contributed by atoms with E-state index in [1.807, 2.05) is 0 Å². The molecule has 10 heteroatoms. The third kappa shape index (κ3) is 4.57. The Morgan fingerprint density at radius 1 is 1.05 bits per heavy atom. The van der Waals surface area contributed by atoms with E-state index in [0.29, 0.717) is 28.3 Å². The lowest BCUT2D eigenvalue weighted by Crippen LogP contribution is -2.24. The van der Waals surface area contributed by atoms with Gasteiger partial charge in [0.15, 0.2) is 11.3 Å². The van der Waals surface area contributed by atoms with E-state index in [1.54, 1.807) is 41.3 Å². The Kier molecular flexibility index (Phi) is 5.91. The number of imidazole rings is 1. The van der Waals surface area contributed by atoms with Gasteiger partial charge in [-0.05, 0) is 54.8 Å². The molecule has 1 aliphatic rings. The molecule has 8 nitrogen and oxygen atoms in total. The fourth-order valence-electron chi connectivity index (χ4n) is 4.77. The molecule has 1 fully saturated rings. The fourth-order valence-corrected chi connectivity index (χ4v) is 4.77. The number of halogens is 2. The van der Waals surface area contributed by atoms with Gasteiger partial charge >= 0.3 is 0 Å². The highest BCUT2D eigenvalue weighted by Gasteiger charge is 2.23. The van der Waals surface area contributed by atoms with Crippen LogP contribution in [0.3, 0.4) is 0 Å². The van der Waals surface area contributed by atoms with Gasteiger partial charge in [-0.2, -0.15) is 5.10 Å². The Labute approximate surface area is 210 Å². The number of aromatic nitrogens is 6. The number of rotatable bonds is 6. The maximum absolute atomic E-state index is 14.6. The summed E-state index contributed by atoms with van der Waals surface area (Å²) in [5.74, 6) is -0.0296. The van der Waals surface area contributed by atoms with Crippen molar-refractivity contribution < 1.29 is 13.6 Å². The summed E-state index contributed by atoms with van der Waals surface area (Å²) in [5.41, 5.74) is 3.64. The molecule has 5 aromatic rings. The Hall–Kier alpha value is -4.47. The molecule has 1 amide bonds. The van der Waals surface area contributed by atoms with E-state index in [-0.39, 0.29) is 18.1 Å². The van der Waals surface area contributed by atoms with Gasteiger partial charge in [0.1, 0.15) is 29.3 Å². The summed E-state index contributed by atoms with van der Waals surface area (Å²) in [4.78, 5) is 29.2. The molecule has 0 saturated heterocycles.